The largest absolute Gasteiger partial charge is 0.384 e. The molecule has 0 radical (unpaired) electrons. The number of pyridine rings is 1. The SMILES string of the molecule is Cc1cccc(CSCc2cccc(N)n2)c1. The summed E-state index contributed by atoms with van der Waals surface area (Å²) in [6.45, 7) is 2.12. The molecule has 0 aliphatic heterocycles. The molecule has 2 N–H and O–H groups in total. The van der Waals surface area contributed by atoms with E-state index in [0.717, 1.165) is 17.2 Å². The van der Waals surface area contributed by atoms with Gasteiger partial charge in [-0.05, 0) is 24.6 Å². The minimum atomic E-state index is 0.596. The van der Waals surface area contributed by atoms with E-state index in [1.807, 2.05) is 30.0 Å². The average molecular weight is 244 g/mol. The van der Waals surface area contributed by atoms with Crippen LogP contribution in [0.15, 0.2) is 42.5 Å². The molecule has 88 valence electrons. The van der Waals surface area contributed by atoms with Gasteiger partial charge in [0.1, 0.15) is 5.82 Å². The lowest BCUT2D eigenvalue weighted by molar-refractivity contribution is 1.18. The molecule has 2 rings (SSSR count). The van der Waals surface area contributed by atoms with Crippen molar-refractivity contribution in [2.24, 2.45) is 0 Å². The average Bonchev–Trinajstić information content (AvgIpc) is 2.29. The van der Waals surface area contributed by atoms with Gasteiger partial charge in [-0.3, -0.25) is 0 Å². The Balaban J connectivity index is 1.87. The highest BCUT2D eigenvalue weighted by molar-refractivity contribution is 7.97. The molecular formula is C14H16N2S. The van der Waals surface area contributed by atoms with Gasteiger partial charge in [0.2, 0.25) is 0 Å². The van der Waals surface area contributed by atoms with E-state index in [-0.39, 0.29) is 0 Å². The van der Waals surface area contributed by atoms with Crippen molar-refractivity contribution >= 4 is 17.6 Å². The zero-order valence-electron chi connectivity index (χ0n) is 9.89. The molecule has 0 unspecified atom stereocenters. The number of benzene rings is 1. The fraction of sp³-hybridized carbons (Fsp3) is 0.214. The summed E-state index contributed by atoms with van der Waals surface area (Å²) in [4.78, 5) is 4.28. The van der Waals surface area contributed by atoms with E-state index in [9.17, 15) is 0 Å². The van der Waals surface area contributed by atoms with Gasteiger partial charge >= 0.3 is 0 Å². The van der Waals surface area contributed by atoms with Crippen LogP contribution in [0.3, 0.4) is 0 Å². The van der Waals surface area contributed by atoms with Crippen LogP contribution in [0.2, 0.25) is 0 Å². The molecule has 0 saturated carbocycles. The number of thioether (sulfide) groups is 1. The minimum absolute atomic E-state index is 0.596. The summed E-state index contributed by atoms with van der Waals surface area (Å²) in [6, 6.07) is 14.4. The van der Waals surface area contributed by atoms with E-state index in [0.29, 0.717) is 5.82 Å². The first-order chi connectivity index (χ1) is 8.24. The predicted octanol–water partition coefficient (Wildman–Crippen LogP) is 3.41. The van der Waals surface area contributed by atoms with Crippen molar-refractivity contribution in [3.05, 3.63) is 59.3 Å². The topological polar surface area (TPSA) is 38.9 Å². The van der Waals surface area contributed by atoms with Crippen LogP contribution in [0, 0.1) is 6.92 Å². The molecule has 3 heteroatoms. The van der Waals surface area contributed by atoms with E-state index in [1.165, 1.54) is 11.1 Å². The van der Waals surface area contributed by atoms with Gasteiger partial charge in [-0.15, -0.1) is 0 Å². The number of rotatable bonds is 4. The Kier molecular flexibility index (Phi) is 4.04. The van der Waals surface area contributed by atoms with Crippen molar-refractivity contribution in [1.29, 1.82) is 0 Å². The van der Waals surface area contributed by atoms with Crippen molar-refractivity contribution in [2.75, 3.05) is 5.73 Å². The molecule has 0 fully saturated rings. The van der Waals surface area contributed by atoms with Crippen LogP contribution < -0.4 is 5.73 Å². The first-order valence-electron chi connectivity index (χ1n) is 5.59. The highest BCUT2D eigenvalue weighted by Gasteiger charge is 1.98. The van der Waals surface area contributed by atoms with Crippen LogP contribution in [0.5, 0.6) is 0 Å². The monoisotopic (exact) mass is 244 g/mol. The Bertz CT molecular complexity index is 452. The van der Waals surface area contributed by atoms with Crippen LogP contribution in [-0.4, -0.2) is 4.98 Å². The van der Waals surface area contributed by atoms with Crippen LogP contribution in [-0.2, 0) is 11.5 Å². The second-order valence-electron chi connectivity index (χ2n) is 4.04. The van der Waals surface area contributed by atoms with E-state index < -0.39 is 0 Å². The van der Waals surface area contributed by atoms with E-state index in [4.69, 9.17) is 5.73 Å². The zero-order valence-corrected chi connectivity index (χ0v) is 10.7. The summed E-state index contributed by atoms with van der Waals surface area (Å²) in [5.41, 5.74) is 9.36. The highest BCUT2D eigenvalue weighted by atomic mass is 32.2. The van der Waals surface area contributed by atoms with Crippen molar-refractivity contribution in [3.63, 3.8) is 0 Å². The van der Waals surface area contributed by atoms with Gasteiger partial charge in [0.25, 0.3) is 0 Å². The first-order valence-corrected chi connectivity index (χ1v) is 6.74. The van der Waals surface area contributed by atoms with Gasteiger partial charge in [0.05, 0.1) is 5.69 Å². The second kappa shape index (κ2) is 5.73. The standard InChI is InChI=1S/C14H16N2S/c1-11-4-2-5-12(8-11)9-17-10-13-6-3-7-14(15)16-13/h2-8H,9-10H2,1H3,(H2,15,16). The summed E-state index contributed by atoms with van der Waals surface area (Å²) in [5.74, 6) is 2.51. The molecule has 1 heterocycles. The van der Waals surface area contributed by atoms with E-state index >= 15 is 0 Å². The molecule has 0 atom stereocenters. The smallest absolute Gasteiger partial charge is 0.123 e. The van der Waals surface area contributed by atoms with E-state index in [1.54, 1.807) is 0 Å². The third-order valence-electron chi connectivity index (χ3n) is 2.43. The predicted molar refractivity (Wildman–Crippen MR) is 74.8 cm³/mol. The second-order valence-corrected chi connectivity index (χ2v) is 5.02. The molecular weight excluding hydrogens is 228 g/mol. The Labute approximate surface area is 106 Å². The number of aromatic nitrogens is 1. The van der Waals surface area contributed by atoms with Crippen LogP contribution in [0.25, 0.3) is 0 Å². The van der Waals surface area contributed by atoms with Gasteiger partial charge in [0.15, 0.2) is 0 Å². The quantitative estimate of drug-likeness (QED) is 0.895. The van der Waals surface area contributed by atoms with Gasteiger partial charge in [-0.2, -0.15) is 11.8 Å². The van der Waals surface area contributed by atoms with Crippen molar-refractivity contribution in [3.8, 4) is 0 Å². The van der Waals surface area contributed by atoms with E-state index in [2.05, 4.69) is 36.2 Å². The number of anilines is 1. The molecule has 0 amide bonds. The number of hydrogen-bond acceptors (Lipinski definition) is 3. The maximum absolute atomic E-state index is 5.64. The number of nitrogen functional groups attached to an aromatic ring is 1. The first kappa shape index (κ1) is 12.0. The number of hydrogen-bond donors (Lipinski definition) is 1. The molecule has 0 aliphatic rings. The molecule has 1 aromatic carbocycles. The van der Waals surface area contributed by atoms with Gasteiger partial charge < -0.3 is 5.73 Å². The summed E-state index contributed by atoms with van der Waals surface area (Å²) < 4.78 is 0. The number of aryl methyl sites for hydroxylation is 1. The molecule has 1 aromatic heterocycles. The number of nitrogens with zero attached hydrogens (tertiary/aromatic N) is 1. The third-order valence-corrected chi connectivity index (χ3v) is 3.47. The summed E-state index contributed by atoms with van der Waals surface area (Å²) >= 11 is 1.86. The van der Waals surface area contributed by atoms with Crippen molar-refractivity contribution in [1.82, 2.24) is 4.98 Å². The van der Waals surface area contributed by atoms with Gasteiger partial charge in [-0.1, -0.05) is 35.9 Å². The molecule has 0 spiro atoms. The maximum Gasteiger partial charge on any atom is 0.123 e. The normalized spacial score (nSPS) is 10.4. The summed E-state index contributed by atoms with van der Waals surface area (Å²) in [7, 11) is 0. The third kappa shape index (κ3) is 3.79. The Morgan fingerprint density at radius 3 is 2.71 bits per heavy atom. The van der Waals surface area contributed by atoms with Gasteiger partial charge in [0, 0.05) is 11.5 Å². The lowest BCUT2D eigenvalue weighted by Gasteiger charge is -2.03. The maximum atomic E-state index is 5.64. The van der Waals surface area contributed by atoms with Crippen LogP contribution in [0.1, 0.15) is 16.8 Å². The fourth-order valence-electron chi connectivity index (χ4n) is 1.65. The Morgan fingerprint density at radius 2 is 1.94 bits per heavy atom. The minimum Gasteiger partial charge on any atom is -0.384 e. The van der Waals surface area contributed by atoms with Gasteiger partial charge in [-0.25, -0.2) is 4.98 Å². The number of nitrogens with two attached hydrogens (primary N) is 1. The van der Waals surface area contributed by atoms with Crippen LogP contribution in [0.4, 0.5) is 5.82 Å². The van der Waals surface area contributed by atoms with Crippen molar-refractivity contribution < 1.29 is 0 Å². The van der Waals surface area contributed by atoms with Crippen molar-refractivity contribution in [2.45, 2.75) is 18.4 Å². The zero-order chi connectivity index (χ0) is 12.1. The molecule has 2 aromatic rings. The summed E-state index contributed by atoms with van der Waals surface area (Å²) in [6.07, 6.45) is 0. The molecule has 0 saturated heterocycles. The molecule has 0 bridgehead atoms. The Morgan fingerprint density at radius 1 is 1.12 bits per heavy atom. The lowest BCUT2D eigenvalue weighted by Crippen LogP contribution is -1.93. The molecule has 2 nitrogen and oxygen atoms in total. The lowest BCUT2D eigenvalue weighted by atomic mass is 10.2. The Hall–Kier alpha value is -1.48. The fourth-order valence-corrected chi connectivity index (χ4v) is 2.54. The van der Waals surface area contributed by atoms with Crippen LogP contribution >= 0.6 is 11.8 Å². The molecule has 17 heavy (non-hydrogen) atoms. The molecule has 0 aliphatic carbocycles. The highest BCUT2D eigenvalue weighted by Crippen LogP contribution is 2.17. The summed E-state index contributed by atoms with van der Waals surface area (Å²) in [5, 5.41) is 0.